The second-order valence-corrected chi connectivity index (χ2v) is 6.15. The van der Waals surface area contributed by atoms with Crippen LogP contribution < -0.4 is 10.6 Å². The molecule has 1 aliphatic heterocycles. The molecule has 0 aliphatic carbocycles. The summed E-state index contributed by atoms with van der Waals surface area (Å²) >= 11 is 12.2. The van der Waals surface area contributed by atoms with Crippen LogP contribution in [0.4, 0.5) is 11.6 Å². The number of anilines is 2. The van der Waals surface area contributed by atoms with Crippen LogP contribution in [0.5, 0.6) is 0 Å². The third-order valence-corrected chi connectivity index (χ3v) is 4.23. The van der Waals surface area contributed by atoms with Crippen molar-refractivity contribution in [1.29, 1.82) is 0 Å². The van der Waals surface area contributed by atoms with Gasteiger partial charge in [0.15, 0.2) is 0 Å². The van der Waals surface area contributed by atoms with Crippen LogP contribution in [0.3, 0.4) is 0 Å². The van der Waals surface area contributed by atoms with E-state index in [-0.39, 0.29) is 23.7 Å². The van der Waals surface area contributed by atoms with Crippen LogP contribution in [0.1, 0.15) is 23.3 Å². The van der Waals surface area contributed by atoms with Crippen LogP contribution in [0.25, 0.3) is 0 Å². The number of aromatic nitrogens is 2. The maximum absolute atomic E-state index is 12.2. The van der Waals surface area contributed by atoms with Gasteiger partial charge in [-0.3, -0.25) is 4.79 Å². The highest BCUT2D eigenvalue weighted by molar-refractivity contribution is 6.39. The predicted octanol–water partition coefficient (Wildman–Crippen LogP) is 3.44. The van der Waals surface area contributed by atoms with E-state index in [1.54, 1.807) is 24.3 Å². The van der Waals surface area contributed by atoms with Gasteiger partial charge in [0.1, 0.15) is 5.69 Å². The normalized spacial score (nSPS) is 16.8. The number of amides is 1. The lowest BCUT2D eigenvalue weighted by atomic mass is 10.2. The van der Waals surface area contributed by atoms with Crippen molar-refractivity contribution >= 4 is 40.7 Å². The van der Waals surface area contributed by atoms with Crippen molar-refractivity contribution in [2.75, 3.05) is 18.5 Å². The lowest BCUT2D eigenvalue weighted by Crippen LogP contribution is -2.32. The van der Waals surface area contributed by atoms with Gasteiger partial charge in [-0.25, -0.2) is 9.97 Å². The first-order valence-electron chi connectivity index (χ1n) is 7.57. The average Bonchev–Trinajstić information content (AvgIpc) is 3.10. The topological polar surface area (TPSA) is 76.1 Å². The Morgan fingerprint density at radius 3 is 2.79 bits per heavy atom. The lowest BCUT2D eigenvalue weighted by molar-refractivity contribution is 0.0853. The lowest BCUT2D eigenvalue weighted by Gasteiger charge is -2.11. The molecule has 0 saturated carbocycles. The van der Waals surface area contributed by atoms with Crippen molar-refractivity contribution in [3.05, 3.63) is 46.2 Å². The smallest absolute Gasteiger partial charge is 0.270 e. The minimum atomic E-state index is -0.277. The minimum absolute atomic E-state index is 0.0790. The van der Waals surface area contributed by atoms with E-state index in [0.29, 0.717) is 22.3 Å². The molecule has 0 spiro atoms. The van der Waals surface area contributed by atoms with Gasteiger partial charge in [0.25, 0.3) is 5.91 Å². The van der Waals surface area contributed by atoms with E-state index in [1.165, 1.54) is 6.20 Å². The Labute approximate surface area is 149 Å². The predicted molar refractivity (Wildman–Crippen MR) is 93.1 cm³/mol. The summed E-state index contributed by atoms with van der Waals surface area (Å²) in [6.07, 6.45) is 3.57. The molecule has 126 valence electrons. The number of benzene rings is 1. The SMILES string of the molecule is O=C(NCC1CCCO1)c1ccnc(Nc2c(Cl)cccc2Cl)n1. The monoisotopic (exact) mass is 366 g/mol. The largest absolute Gasteiger partial charge is 0.376 e. The van der Waals surface area contributed by atoms with Crippen LogP contribution >= 0.6 is 23.2 Å². The van der Waals surface area contributed by atoms with E-state index in [4.69, 9.17) is 27.9 Å². The first-order valence-corrected chi connectivity index (χ1v) is 8.33. The van der Waals surface area contributed by atoms with E-state index in [1.807, 2.05) is 0 Å². The van der Waals surface area contributed by atoms with Crippen LogP contribution in [0.15, 0.2) is 30.5 Å². The number of hydrogen-bond acceptors (Lipinski definition) is 5. The van der Waals surface area contributed by atoms with E-state index in [2.05, 4.69) is 20.6 Å². The highest BCUT2D eigenvalue weighted by atomic mass is 35.5. The van der Waals surface area contributed by atoms with E-state index in [9.17, 15) is 4.79 Å². The number of nitrogens with zero attached hydrogens (tertiary/aromatic N) is 2. The molecule has 1 unspecified atom stereocenters. The number of rotatable bonds is 5. The van der Waals surface area contributed by atoms with Crippen LogP contribution in [0.2, 0.25) is 10.0 Å². The summed E-state index contributed by atoms with van der Waals surface area (Å²) in [5.41, 5.74) is 0.756. The fourth-order valence-corrected chi connectivity index (χ4v) is 2.87. The van der Waals surface area contributed by atoms with Gasteiger partial charge in [-0.15, -0.1) is 0 Å². The number of hydrogen-bond donors (Lipinski definition) is 2. The van der Waals surface area contributed by atoms with Crippen molar-refractivity contribution < 1.29 is 9.53 Å². The Balaban J connectivity index is 1.68. The summed E-state index contributed by atoms with van der Waals surface area (Å²) in [7, 11) is 0. The number of carbonyl (C=O) groups is 1. The molecule has 1 saturated heterocycles. The van der Waals surface area contributed by atoms with Gasteiger partial charge in [-0.05, 0) is 31.0 Å². The summed E-state index contributed by atoms with van der Waals surface area (Å²) in [5, 5.41) is 6.65. The van der Waals surface area contributed by atoms with Gasteiger partial charge < -0.3 is 15.4 Å². The standard InChI is InChI=1S/C16H16Cl2N4O2/c17-11-4-1-5-12(18)14(11)22-16-19-7-6-13(21-16)15(23)20-9-10-3-2-8-24-10/h1,4-7,10H,2-3,8-9H2,(H,20,23)(H,19,21,22). The average molecular weight is 367 g/mol. The molecule has 1 aromatic carbocycles. The zero-order valence-electron chi connectivity index (χ0n) is 12.8. The molecule has 0 radical (unpaired) electrons. The van der Waals surface area contributed by atoms with Gasteiger partial charge in [0.2, 0.25) is 5.95 Å². The summed E-state index contributed by atoms with van der Waals surface area (Å²) in [4.78, 5) is 20.5. The number of para-hydroxylation sites is 1. The molecule has 6 nitrogen and oxygen atoms in total. The Morgan fingerprint density at radius 2 is 2.08 bits per heavy atom. The summed E-state index contributed by atoms with van der Waals surface area (Å²) in [6.45, 7) is 1.22. The Bertz CT molecular complexity index is 716. The molecular formula is C16H16Cl2N4O2. The molecule has 0 bridgehead atoms. The highest BCUT2D eigenvalue weighted by Crippen LogP contribution is 2.31. The Kier molecular flexibility index (Phi) is 5.50. The fourth-order valence-electron chi connectivity index (χ4n) is 2.38. The number of carbonyl (C=O) groups excluding carboxylic acids is 1. The van der Waals surface area contributed by atoms with E-state index in [0.717, 1.165) is 19.4 Å². The third-order valence-electron chi connectivity index (χ3n) is 3.60. The molecule has 2 aromatic rings. The van der Waals surface area contributed by atoms with Gasteiger partial charge in [0.05, 0.1) is 21.8 Å². The molecule has 1 aliphatic rings. The van der Waals surface area contributed by atoms with Gasteiger partial charge in [-0.1, -0.05) is 29.3 Å². The molecule has 1 amide bonds. The van der Waals surface area contributed by atoms with Gasteiger partial charge in [-0.2, -0.15) is 0 Å². The number of halogens is 2. The van der Waals surface area contributed by atoms with E-state index >= 15 is 0 Å². The molecule has 24 heavy (non-hydrogen) atoms. The summed E-state index contributed by atoms with van der Waals surface area (Å²) in [6, 6.07) is 6.69. The first kappa shape index (κ1) is 17.0. The maximum atomic E-state index is 12.2. The molecule has 1 aromatic heterocycles. The molecule has 2 heterocycles. The maximum Gasteiger partial charge on any atom is 0.270 e. The molecular weight excluding hydrogens is 351 g/mol. The van der Waals surface area contributed by atoms with Crippen molar-refractivity contribution in [1.82, 2.24) is 15.3 Å². The van der Waals surface area contributed by atoms with Crippen LogP contribution in [0, 0.1) is 0 Å². The quantitative estimate of drug-likeness (QED) is 0.847. The zero-order chi connectivity index (χ0) is 16.9. The molecule has 2 N–H and O–H groups in total. The van der Waals surface area contributed by atoms with Gasteiger partial charge >= 0.3 is 0 Å². The summed E-state index contributed by atoms with van der Waals surface area (Å²) < 4.78 is 5.48. The summed E-state index contributed by atoms with van der Waals surface area (Å²) in [5.74, 6) is -0.0315. The fraction of sp³-hybridized carbons (Fsp3) is 0.312. The molecule has 8 heteroatoms. The number of nitrogens with one attached hydrogen (secondary N) is 2. The molecule has 3 rings (SSSR count). The molecule has 1 fully saturated rings. The highest BCUT2D eigenvalue weighted by Gasteiger charge is 2.17. The van der Waals surface area contributed by atoms with Crippen molar-refractivity contribution in [3.8, 4) is 0 Å². The number of ether oxygens (including phenoxy) is 1. The van der Waals surface area contributed by atoms with Crippen molar-refractivity contribution in [2.24, 2.45) is 0 Å². The zero-order valence-corrected chi connectivity index (χ0v) is 14.3. The second-order valence-electron chi connectivity index (χ2n) is 5.33. The van der Waals surface area contributed by atoms with Crippen LogP contribution in [-0.4, -0.2) is 35.1 Å². The Morgan fingerprint density at radius 1 is 1.29 bits per heavy atom. The first-order chi connectivity index (χ1) is 11.6. The van der Waals surface area contributed by atoms with Crippen molar-refractivity contribution in [3.63, 3.8) is 0 Å². The second kappa shape index (κ2) is 7.79. The van der Waals surface area contributed by atoms with Gasteiger partial charge in [0, 0.05) is 19.3 Å². The third kappa shape index (κ3) is 4.14. The Hall–Kier alpha value is -1.89. The van der Waals surface area contributed by atoms with Crippen LogP contribution in [-0.2, 0) is 4.74 Å². The minimum Gasteiger partial charge on any atom is -0.376 e. The molecule has 1 atom stereocenters. The van der Waals surface area contributed by atoms with E-state index < -0.39 is 0 Å². The van der Waals surface area contributed by atoms with Crippen molar-refractivity contribution in [2.45, 2.75) is 18.9 Å².